The van der Waals surface area contributed by atoms with E-state index in [4.69, 9.17) is 4.42 Å². The molecule has 35 heavy (non-hydrogen) atoms. The third-order valence-corrected chi connectivity index (χ3v) is 5.93. The number of alkyl halides is 3. The first-order valence-corrected chi connectivity index (χ1v) is 11.3. The second-order valence-corrected chi connectivity index (χ2v) is 8.37. The van der Waals surface area contributed by atoms with Crippen molar-refractivity contribution < 1.29 is 22.4 Å². The molecule has 8 heteroatoms. The van der Waals surface area contributed by atoms with Gasteiger partial charge in [-0.2, -0.15) is 13.2 Å². The lowest BCUT2D eigenvalue weighted by molar-refractivity contribution is -0.137. The monoisotopic (exact) mass is 481 g/mol. The van der Waals surface area contributed by atoms with Crippen LogP contribution in [0.4, 0.5) is 13.2 Å². The highest BCUT2D eigenvalue weighted by Crippen LogP contribution is 2.31. The van der Waals surface area contributed by atoms with E-state index in [-0.39, 0.29) is 11.9 Å². The Morgan fingerprint density at radius 2 is 1.71 bits per heavy atom. The maximum atomic E-state index is 12.9. The zero-order valence-electron chi connectivity index (χ0n) is 19.4. The summed E-state index contributed by atoms with van der Waals surface area (Å²) >= 11 is 0. The van der Waals surface area contributed by atoms with Gasteiger partial charge >= 0.3 is 6.18 Å². The van der Waals surface area contributed by atoms with Gasteiger partial charge in [-0.3, -0.25) is 10.1 Å². The van der Waals surface area contributed by atoms with Gasteiger partial charge in [-0.05, 0) is 53.8 Å². The van der Waals surface area contributed by atoms with Gasteiger partial charge in [0, 0.05) is 20.0 Å². The summed E-state index contributed by atoms with van der Waals surface area (Å²) in [6.45, 7) is 1.77. The maximum absolute atomic E-state index is 12.9. The molecule has 1 aromatic heterocycles. The average Bonchev–Trinajstić information content (AvgIpc) is 3.23. The molecule has 0 fully saturated rings. The molecule has 3 aromatic carbocycles. The van der Waals surface area contributed by atoms with Crippen LogP contribution in [-0.4, -0.2) is 17.9 Å². The van der Waals surface area contributed by atoms with Gasteiger partial charge in [-0.1, -0.05) is 48.5 Å². The van der Waals surface area contributed by atoms with Crippen molar-refractivity contribution in [2.24, 2.45) is 0 Å². The molecule has 0 bridgehead atoms. The Kier molecular flexibility index (Phi) is 7.21. The van der Waals surface area contributed by atoms with E-state index in [1.807, 2.05) is 48.5 Å². The van der Waals surface area contributed by atoms with Gasteiger partial charge in [0.25, 0.3) is 0 Å². The van der Waals surface area contributed by atoms with E-state index < -0.39 is 17.8 Å². The zero-order chi connectivity index (χ0) is 25.0. The van der Waals surface area contributed by atoms with E-state index >= 15 is 0 Å². The molecule has 2 atom stereocenters. The van der Waals surface area contributed by atoms with Gasteiger partial charge in [0.05, 0.1) is 5.56 Å². The molecule has 4 aromatic rings. The maximum Gasteiger partial charge on any atom is 0.416 e. The highest BCUT2D eigenvalue weighted by atomic mass is 19.4. The zero-order valence-corrected chi connectivity index (χ0v) is 19.4. The fraction of sp³-hybridized carbons (Fsp3) is 0.259. The van der Waals surface area contributed by atoms with Crippen LogP contribution in [0.15, 0.2) is 77.2 Å². The van der Waals surface area contributed by atoms with Crippen molar-refractivity contribution in [3.8, 4) is 0 Å². The average molecular weight is 482 g/mol. The summed E-state index contributed by atoms with van der Waals surface area (Å²) in [6.07, 6.45) is -3.31. The number of likely N-dealkylation sites (N-methyl/N-ethyl adjacent to an activating group) is 1. The normalized spacial score (nSPS) is 13.5. The van der Waals surface area contributed by atoms with Crippen molar-refractivity contribution in [2.75, 3.05) is 7.05 Å². The van der Waals surface area contributed by atoms with E-state index in [0.29, 0.717) is 24.3 Å². The van der Waals surface area contributed by atoms with Crippen LogP contribution in [0.2, 0.25) is 0 Å². The van der Waals surface area contributed by atoms with E-state index in [2.05, 4.69) is 15.6 Å². The summed E-state index contributed by atoms with van der Waals surface area (Å²) in [5.41, 5.74) is 3.17. The molecular weight excluding hydrogens is 455 g/mol. The molecule has 182 valence electrons. The number of halogens is 3. The van der Waals surface area contributed by atoms with Crippen LogP contribution in [0.1, 0.15) is 46.6 Å². The Bertz CT molecular complexity index is 1280. The van der Waals surface area contributed by atoms with Gasteiger partial charge in [0.1, 0.15) is 11.6 Å². The number of aryl methyl sites for hydroxylation is 2. The summed E-state index contributed by atoms with van der Waals surface area (Å²) in [4.78, 5) is 17.1. The minimum absolute atomic E-state index is 0.188. The number of nitrogens with one attached hydrogen (secondary N) is 2. The number of aromatic nitrogens is 1. The van der Waals surface area contributed by atoms with Crippen LogP contribution in [0.5, 0.6) is 0 Å². The quantitative estimate of drug-likeness (QED) is 0.329. The lowest BCUT2D eigenvalue weighted by Gasteiger charge is -2.26. The van der Waals surface area contributed by atoms with Crippen LogP contribution in [0.3, 0.4) is 0 Å². The molecule has 0 aliphatic heterocycles. The highest BCUT2D eigenvalue weighted by Gasteiger charge is 2.30. The lowest BCUT2D eigenvalue weighted by atomic mass is 9.95. The largest absolute Gasteiger partial charge is 0.441 e. The Labute approximate surface area is 201 Å². The number of oxazole rings is 1. The molecule has 1 heterocycles. The number of fused-ring (bicyclic) bond motifs is 1. The van der Waals surface area contributed by atoms with Crippen molar-refractivity contribution in [3.63, 3.8) is 0 Å². The number of hydrogen-bond acceptors (Lipinski definition) is 4. The lowest BCUT2D eigenvalue weighted by Crippen LogP contribution is -2.38. The Balaban J connectivity index is 1.63. The second kappa shape index (κ2) is 10.3. The van der Waals surface area contributed by atoms with Crippen LogP contribution in [-0.2, 0) is 17.4 Å². The van der Waals surface area contributed by atoms with Crippen LogP contribution in [0.25, 0.3) is 11.1 Å². The Hall–Kier alpha value is -3.65. The van der Waals surface area contributed by atoms with E-state index in [1.54, 1.807) is 14.0 Å². The predicted molar refractivity (Wildman–Crippen MR) is 128 cm³/mol. The molecule has 0 unspecified atom stereocenters. The first kappa shape index (κ1) is 24.5. The minimum Gasteiger partial charge on any atom is -0.441 e. The summed E-state index contributed by atoms with van der Waals surface area (Å²) in [5.74, 6) is 0.367. The van der Waals surface area contributed by atoms with E-state index in [0.717, 1.165) is 34.3 Å². The summed E-state index contributed by atoms with van der Waals surface area (Å²) in [6, 6.07) is 19.3. The van der Waals surface area contributed by atoms with E-state index in [1.165, 1.54) is 12.1 Å². The van der Waals surface area contributed by atoms with Crippen molar-refractivity contribution in [2.45, 2.75) is 38.0 Å². The van der Waals surface area contributed by atoms with Gasteiger partial charge in [0.2, 0.25) is 5.91 Å². The minimum atomic E-state index is -4.37. The number of amides is 1. The number of nitrogens with zero attached hydrogens (tertiary/aromatic N) is 1. The number of benzene rings is 3. The first-order valence-electron chi connectivity index (χ1n) is 11.3. The molecule has 0 saturated carbocycles. The molecular formula is C27H26F3N3O2. The van der Waals surface area contributed by atoms with Crippen molar-refractivity contribution in [1.29, 1.82) is 0 Å². The molecule has 2 N–H and O–H groups in total. The highest BCUT2D eigenvalue weighted by molar-refractivity contribution is 5.83. The van der Waals surface area contributed by atoms with Crippen molar-refractivity contribution in [1.82, 2.24) is 15.6 Å². The molecule has 0 saturated heterocycles. The van der Waals surface area contributed by atoms with Gasteiger partial charge in [-0.25, -0.2) is 4.98 Å². The van der Waals surface area contributed by atoms with Crippen molar-refractivity contribution >= 4 is 17.0 Å². The fourth-order valence-corrected chi connectivity index (χ4v) is 4.11. The molecule has 0 aliphatic carbocycles. The Morgan fingerprint density at radius 1 is 1.00 bits per heavy atom. The molecule has 0 radical (unpaired) electrons. The topological polar surface area (TPSA) is 67.2 Å². The summed E-state index contributed by atoms with van der Waals surface area (Å²) < 4.78 is 44.5. The number of hydrogen-bond donors (Lipinski definition) is 2. The van der Waals surface area contributed by atoms with Crippen LogP contribution in [0, 0.1) is 6.92 Å². The van der Waals surface area contributed by atoms with Gasteiger partial charge < -0.3 is 9.73 Å². The fourth-order valence-electron chi connectivity index (χ4n) is 4.11. The third kappa shape index (κ3) is 5.89. The standard InChI is InChI=1S/C27H26F3N3O2/c1-17-32-23-15-11-20(16-24(23)35-17)22(14-10-18-8-12-21(13-9-18)27(28,29)30)33-25(26(34)31-2)19-6-4-3-5-7-19/h3-9,11-13,15-16,22,25,33H,10,14H2,1-2H3,(H,31,34)/t22-,25+/m1/s1. The molecule has 0 spiro atoms. The molecule has 0 aliphatic rings. The first-order chi connectivity index (χ1) is 16.7. The molecule has 1 amide bonds. The second-order valence-electron chi connectivity index (χ2n) is 8.37. The Morgan fingerprint density at radius 3 is 2.37 bits per heavy atom. The summed E-state index contributed by atoms with van der Waals surface area (Å²) in [5, 5.41) is 6.17. The summed E-state index contributed by atoms with van der Waals surface area (Å²) in [7, 11) is 1.58. The number of rotatable bonds is 8. The number of carbonyl (C=O) groups is 1. The van der Waals surface area contributed by atoms with Crippen LogP contribution < -0.4 is 10.6 Å². The SMILES string of the molecule is CNC(=O)[C@@H](N[C@H](CCc1ccc(C(F)(F)F)cc1)c1ccc2nc(C)oc2c1)c1ccccc1. The molecule has 5 nitrogen and oxygen atoms in total. The van der Waals surface area contributed by atoms with Gasteiger partial charge in [-0.15, -0.1) is 0 Å². The van der Waals surface area contributed by atoms with Crippen LogP contribution >= 0.6 is 0 Å². The van der Waals surface area contributed by atoms with Gasteiger partial charge in [0.15, 0.2) is 11.5 Å². The predicted octanol–water partition coefficient (Wildman–Crippen LogP) is 5.91. The number of carbonyl (C=O) groups excluding carboxylic acids is 1. The molecule has 4 rings (SSSR count). The third-order valence-electron chi connectivity index (χ3n) is 5.93. The van der Waals surface area contributed by atoms with E-state index in [9.17, 15) is 18.0 Å². The smallest absolute Gasteiger partial charge is 0.416 e. The van der Waals surface area contributed by atoms with Crippen molar-refractivity contribution in [3.05, 3.63) is 101 Å².